The third-order valence-electron chi connectivity index (χ3n) is 4.45. The number of aromatic nitrogens is 2. The molecule has 8 nitrogen and oxygen atoms in total. The van der Waals surface area contributed by atoms with Gasteiger partial charge in [-0.15, -0.1) is 10.2 Å². The van der Waals surface area contributed by atoms with Crippen molar-refractivity contribution in [3.63, 3.8) is 0 Å². The minimum Gasteiger partial charge on any atom is -0.454 e. The van der Waals surface area contributed by atoms with Crippen molar-refractivity contribution in [1.82, 2.24) is 20.4 Å². The van der Waals surface area contributed by atoms with Gasteiger partial charge in [-0.25, -0.2) is 4.79 Å². The van der Waals surface area contributed by atoms with E-state index in [4.69, 9.17) is 13.9 Å². The molecule has 2 aliphatic rings. The highest BCUT2D eigenvalue weighted by Crippen LogP contribution is 2.36. The van der Waals surface area contributed by atoms with E-state index >= 15 is 0 Å². The Bertz CT molecular complexity index is 776. The molecule has 1 aromatic carbocycles. The fraction of sp³-hybridized carbons (Fsp3) is 0.471. The van der Waals surface area contributed by atoms with Gasteiger partial charge in [-0.3, -0.25) is 0 Å². The average Bonchev–Trinajstić information content (AvgIpc) is 3.31. The Morgan fingerprint density at radius 3 is 3.08 bits per heavy atom. The van der Waals surface area contributed by atoms with Gasteiger partial charge in [-0.05, 0) is 38.0 Å². The highest BCUT2D eigenvalue weighted by atomic mass is 16.7. The van der Waals surface area contributed by atoms with Crippen LogP contribution >= 0.6 is 0 Å². The number of piperidine rings is 1. The van der Waals surface area contributed by atoms with Crippen molar-refractivity contribution in [2.24, 2.45) is 0 Å². The maximum Gasteiger partial charge on any atom is 0.317 e. The second kappa shape index (κ2) is 6.62. The maximum atomic E-state index is 12.0. The monoisotopic (exact) mass is 344 g/mol. The van der Waals surface area contributed by atoms with Gasteiger partial charge < -0.3 is 24.1 Å². The van der Waals surface area contributed by atoms with E-state index in [1.807, 2.05) is 30.0 Å². The van der Waals surface area contributed by atoms with Crippen molar-refractivity contribution in [2.75, 3.05) is 26.4 Å². The molecule has 1 atom stereocenters. The molecule has 3 heterocycles. The molecule has 8 heteroatoms. The maximum absolute atomic E-state index is 12.0. The van der Waals surface area contributed by atoms with Gasteiger partial charge in [0.25, 0.3) is 0 Å². The molecule has 25 heavy (non-hydrogen) atoms. The van der Waals surface area contributed by atoms with Crippen LogP contribution in [0.5, 0.6) is 11.5 Å². The number of hydrogen-bond acceptors (Lipinski definition) is 6. The van der Waals surface area contributed by atoms with E-state index in [1.54, 1.807) is 0 Å². The Morgan fingerprint density at radius 1 is 1.32 bits per heavy atom. The van der Waals surface area contributed by atoms with E-state index in [1.165, 1.54) is 0 Å². The summed E-state index contributed by atoms with van der Waals surface area (Å²) >= 11 is 0. The molecule has 0 spiro atoms. The standard InChI is InChI=1S/C17H20N4O4/c1-2-18-17(22)21-7-3-4-12(9-21)16-20-19-15(25-16)11-5-6-13-14(8-11)24-10-23-13/h5-6,8,12H,2-4,7,9-10H2,1H3,(H,18,22)/t12-/m1/s1. The number of carbonyl (C=O) groups excluding carboxylic acids is 1. The lowest BCUT2D eigenvalue weighted by Crippen LogP contribution is -2.44. The van der Waals surface area contributed by atoms with Crippen molar-refractivity contribution >= 4 is 6.03 Å². The fourth-order valence-electron chi connectivity index (χ4n) is 3.17. The topological polar surface area (TPSA) is 89.7 Å². The number of nitrogens with one attached hydrogen (secondary N) is 1. The SMILES string of the molecule is CCNC(=O)N1CCC[C@@H](c2nnc(-c3ccc4c(c3)OCO4)o2)C1. The summed E-state index contributed by atoms with van der Waals surface area (Å²) in [4.78, 5) is 13.8. The fourth-order valence-corrected chi connectivity index (χ4v) is 3.17. The minimum absolute atomic E-state index is 0.0392. The van der Waals surface area contributed by atoms with Crippen molar-refractivity contribution in [1.29, 1.82) is 0 Å². The molecule has 0 saturated carbocycles. The van der Waals surface area contributed by atoms with Gasteiger partial charge in [0.1, 0.15) is 0 Å². The number of nitrogens with zero attached hydrogens (tertiary/aromatic N) is 3. The number of fused-ring (bicyclic) bond motifs is 1. The summed E-state index contributed by atoms with van der Waals surface area (Å²) < 4.78 is 16.6. The van der Waals surface area contributed by atoms with E-state index in [0.29, 0.717) is 36.4 Å². The summed E-state index contributed by atoms with van der Waals surface area (Å²) in [6.07, 6.45) is 1.85. The summed E-state index contributed by atoms with van der Waals surface area (Å²) in [5.41, 5.74) is 0.791. The van der Waals surface area contributed by atoms with Crippen LogP contribution in [0.25, 0.3) is 11.5 Å². The van der Waals surface area contributed by atoms with Crippen molar-refractivity contribution < 1.29 is 18.7 Å². The number of rotatable bonds is 3. The quantitative estimate of drug-likeness (QED) is 0.919. The summed E-state index contributed by atoms with van der Waals surface area (Å²) in [6.45, 7) is 4.11. The predicted molar refractivity (Wildman–Crippen MR) is 88.5 cm³/mol. The molecule has 1 aromatic heterocycles. The second-order valence-corrected chi connectivity index (χ2v) is 6.13. The number of amides is 2. The van der Waals surface area contributed by atoms with Crippen LogP contribution in [0.1, 0.15) is 31.6 Å². The Morgan fingerprint density at radius 2 is 2.20 bits per heavy atom. The Balaban J connectivity index is 1.50. The molecule has 1 N–H and O–H groups in total. The zero-order chi connectivity index (χ0) is 17.2. The molecule has 0 bridgehead atoms. The third kappa shape index (κ3) is 3.11. The molecule has 0 aliphatic carbocycles. The molecule has 2 aliphatic heterocycles. The van der Waals surface area contributed by atoms with E-state index < -0.39 is 0 Å². The van der Waals surface area contributed by atoms with Crippen molar-refractivity contribution in [3.8, 4) is 23.0 Å². The van der Waals surface area contributed by atoms with Crippen LogP contribution < -0.4 is 14.8 Å². The lowest BCUT2D eigenvalue weighted by atomic mass is 9.98. The zero-order valence-corrected chi connectivity index (χ0v) is 14.0. The summed E-state index contributed by atoms with van der Waals surface area (Å²) in [5, 5.41) is 11.2. The summed E-state index contributed by atoms with van der Waals surface area (Å²) in [5.74, 6) is 2.47. The van der Waals surface area contributed by atoms with Gasteiger partial charge in [0, 0.05) is 25.2 Å². The van der Waals surface area contributed by atoms with Crippen LogP contribution in [0.2, 0.25) is 0 Å². The van der Waals surface area contributed by atoms with Gasteiger partial charge >= 0.3 is 6.03 Å². The van der Waals surface area contributed by atoms with Crippen LogP contribution in [-0.2, 0) is 0 Å². The summed E-state index contributed by atoms with van der Waals surface area (Å²) in [6, 6.07) is 5.50. The molecule has 2 amide bonds. The van der Waals surface area contributed by atoms with Crippen LogP contribution in [0, 0.1) is 0 Å². The van der Waals surface area contributed by atoms with Gasteiger partial charge in [-0.2, -0.15) is 0 Å². The lowest BCUT2D eigenvalue weighted by molar-refractivity contribution is 0.173. The van der Waals surface area contributed by atoms with Gasteiger partial charge in [-0.1, -0.05) is 0 Å². The van der Waals surface area contributed by atoms with E-state index in [-0.39, 0.29) is 18.7 Å². The first-order valence-electron chi connectivity index (χ1n) is 8.51. The van der Waals surface area contributed by atoms with Gasteiger partial charge in [0.15, 0.2) is 11.5 Å². The molecule has 2 aromatic rings. The lowest BCUT2D eigenvalue weighted by Gasteiger charge is -2.30. The van der Waals surface area contributed by atoms with Gasteiger partial charge in [0.2, 0.25) is 18.6 Å². The normalized spacial score (nSPS) is 19.1. The molecule has 132 valence electrons. The molecule has 1 fully saturated rings. The molecular formula is C17H20N4O4. The first kappa shape index (κ1) is 15.7. The third-order valence-corrected chi connectivity index (χ3v) is 4.45. The largest absolute Gasteiger partial charge is 0.454 e. The molecule has 4 rings (SSSR count). The van der Waals surface area contributed by atoms with Crippen LogP contribution in [0.4, 0.5) is 4.79 Å². The number of urea groups is 1. The Hall–Kier alpha value is -2.77. The highest BCUT2D eigenvalue weighted by Gasteiger charge is 2.28. The number of carbonyl (C=O) groups is 1. The second-order valence-electron chi connectivity index (χ2n) is 6.13. The number of likely N-dealkylation sites (tertiary alicyclic amines) is 1. The number of ether oxygens (including phenoxy) is 2. The molecule has 1 saturated heterocycles. The number of benzene rings is 1. The average molecular weight is 344 g/mol. The van der Waals surface area contributed by atoms with E-state index in [9.17, 15) is 4.79 Å². The van der Waals surface area contributed by atoms with Crippen LogP contribution in [-0.4, -0.2) is 47.6 Å². The molecular weight excluding hydrogens is 324 g/mol. The molecule has 0 unspecified atom stereocenters. The van der Waals surface area contributed by atoms with Crippen LogP contribution in [0.15, 0.2) is 22.6 Å². The predicted octanol–water partition coefficient (Wildman–Crippen LogP) is 2.37. The Kier molecular flexibility index (Phi) is 4.17. The van der Waals surface area contributed by atoms with Crippen molar-refractivity contribution in [2.45, 2.75) is 25.7 Å². The van der Waals surface area contributed by atoms with E-state index in [0.717, 1.165) is 24.9 Å². The van der Waals surface area contributed by atoms with E-state index in [2.05, 4.69) is 15.5 Å². The van der Waals surface area contributed by atoms with Crippen LogP contribution in [0.3, 0.4) is 0 Å². The zero-order valence-electron chi connectivity index (χ0n) is 14.0. The summed E-state index contributed by atoms with van der Waals surface area (Å²) in [7, 11) is 0. The first-order chi connectivity index (χ1) is 12.2. The number of hydrogen-bond donors (Lipinski definition) is 1. The first-order valence-corrected chi connectivity index (χ1v) is 8.51. The van der Waals surface area contributed by atoms with Gasteiger partial charge in [0.05, 0.1) is 5.92 Å². The smallest absolute Gasteiger partial charge is 0.317 e. The van der Waals surface area contributed by atoms with Crippen molar-refractivity contribution in [3.05, 3.63) is 24.1 Å². The Labute approximate surface area is 145 Å². The minimum atomic E-state index is -0.0392. The highest BCUT2D eigenvalue weighted by molar-refractivity contribution is 5.74. The molecule has 0 radical (unpaired) electrons.